The van der Waals surface area contributed by atoms with E-state index in [0.717, 1.165) is 4.90 Å². The summed E-state index contributed by atoms with van der Waals surface area (Å²) in [5, 5.41) is 0. The summed E-state index contributed by atoms with van der Waals surface area (Å²) in [7, 11) is 0. The number of amides is 2. The molecule has 3 aromatic carbocycles. The standard InChI is InChI=1S/C24H17NO6/c26-21-19(30-23(28)16-10-4-1-5-11-16)20(31-24(29)17-12-6-2-7-13-17)22(27)25(21)18-14-8-3-9-15-18/h1-15,19-20H/t19-,20-/m0/s1. The molecular formula is C24H17NO6. The van der Waals surface area contributed by atoms with E-state index in [4.69, 9.17) is 9.47 Å². The molecule has 1 heterocycles. The Hall–Kier alpha value is -4.26. The normalized spacial score (nSPS) is 18.0. The van der Waals surface area contributed by atoms with Crippen LogP contribution in [0.1, 0.15) is 20.7 Å². The minimum absolute atomic E-state index is 0.203. The van der Waals surface area contributed by atoms with Gasteiger partial charge in [0, 0.05) is 0 Å². The maximum atomic E-state index is 13.0. The van der Waals surface area contributed by atoms with Gasteiger partial charge in [0.1, 0.15) is 0 Å². The molecule has 4 rings (SSSR count). The van der Waals surface area contributed by atoms with Crippen molar-refractivity contribution in [3.05, 3.63) is 102 Å². The number of hydrogen-bond acceptors (Lipinski definition) is 6. The minimum atomic E-state index is -1.60. The van der Waals surface area contributed by atoms with Gasteiger partial charge in [-0.3, -0.25) is 9.59 Å². The average molecular weight is 415 g/mol. The average Bonchev–Trinajstić information content (AvgIpc) is 3.04. The quantitative estimate of drug-likeness (QED) is 0.470. The molecule has 0 saturated carbocycles. The highest BCUT2D eigenvalue weighted by atomic mass is 16.6. The highest BCUT2D eigenvalue weighted by Gasteiger charge is 2.53. The van der Waals surface area contributed by atoms with Crippen LogP contribution in [0.15, 0.2) is 91.0 Å². The lowest BCUT2D eigenvalue weighted by Crippen LogP contribution is -2.37. The molecule has 1 saturated heterocycles. The summed E-state index contributed by atoms with van der Waals surface area (Å²) in [5.74, 6) is -3.18. The Morgan fingerprint density at radius 1 is 0.581 bits per heavy atom. The molecule has 31 heavy (non-hydrogen) atoms. The molecule has 0 N–H and O–H groups in total. The highest BCUT2D eigenvalue weighted by Crippen LogP contribution is 2.27. The number of rotatable bonds is 5. The fourth-order valence-corrected chi connectivity index (χ4v) is 3.19. The van der Waals surface area contributed by atoms with Crippen molar-refractivity contribution in [3.8, 4) is 0 Å². The first-order valence-corrected chi connectivity index (χ1v) is 9.51. The molecule has 2 atom stereocenters. The number of nitrogens with zero attached hydrogens (tertiary/aromatic N) is 1. The summed E-state index contributed by atoms with van der Waals surface area (Å²) in [6.45, 7) is 0. The summed E-state index contributed by atoms with van der Waals surface area (Å²) < 4.78 is 10.7. The first-order valence-electron chi connectivity index (χ1n) is 9.51. The first-order chi connectivity index (χ1) is 15.1. The molecule has 7 heteroatoms. The third kappa shape index (κ3) is 4.06. The first kappa shape index (κ1) is 20.0. The van der Waals surface area contributed by atoms with Gasteiger partial charge in [-0.1, -0.05) is 54.6 Å². The van der Waals surface area contributed by atoms with Gasteiger partial charge in [0.15, 0.2) is 0 Å². The lowest BCUT2D eigenvalue weighted by Gasteiger charge is -2.16. The van der Waals surface area contributed by atoms with E-state index in [1.807, 2.05) is 0 Å². The summed E-state index contributed by atoms with van der Waals surface area (Å²) in [6.07, 6.45) is -3.21. The van der Waals surface area contributed by atoms with Crippen LogP contribution >= 0.6 is 0 Å². The molecule has 0 spiro atoms. The van der Waals surface area contributed by atoms with Crippen LogP contribution in [0, 0.1) is 0 Å². The SMILES string of the molecule is O=C(O[C@@H]1C(=O)N(c2ccccc2)C(=O)[C@H]1OC(=O)c1ccccc1)c1ccccc1. The van der Waals surface area contributed by atoms with Crippen molar-refractivity contribution in [2.45, 2.75) is 12.2 Å². The Labute approximate surface area is 177 Å². The van der Waals surface area contributed by atoms with Crippen molar-refractivity contribution in [2.75, 3.05) is 4.90 Å². The van der Waals surface area contributed by atoms with E-state index in [1.165, 1.54) is 24.3 Å². The van der Waals surface area contributed by atoms with Gasteiger partial charge < -0.3 is 9.47 Å². The van der Waals surface area contributed by atoms with Crippen LogP contribution in [0.5, 0.6) is 0 Å². The zero-order chi connectivity index (χ0) is 21.8. The lowest BCUT2D eigenvalue weighted by atomic mass is 10.2. The van der Waals surface area contributed by atoms with Crippen LogP contribution in [0.25, 0.3) is 0 Å². The van der Waals surface area contributed by atoms with Crippen molar-refractivity contribution in [1.29, 1.82) is 0 Å². The number of ether oxygens (including phenoxy) is 2. The second kappa shape index (κ2) is 8.62. The monoisotopic (exact) mass is 415 g/mol. The van der Waals surface area contributed by atoms with Crippen LogP contribution in [-0.2, 0) is 19.1 Å². The van der Waals surface area contributed by atoms with Crippen LogP contribution in [0.2, 0.25) is 0 Å². The molecule has 0 aliphatic carbocycles. The predicted molar refractivity (Wildman–Crippen MR) is 110 cm³/mol. The van der Waals surface area contributed by atoms with Crippen LogP contribution in [0.3, 0.4) is 0 Å². The molecule has 1 aliphatic heterocycles. The summed E-state index contributed by atoms with van der Waals surface area (Å²) >= 11 is 0. The van der Waals surface area contributed by atoms with Crippen molar-refractivity contribution in [2.24, 2.45) is 0 Å². The van der Waals surface area contributed by atoms with Gasteiger partial charge in [0.2, 0.25) is 12.2 Å². The van der Waals surface area contributed by atoms with E-state index in [0.29, 0.717) is 0 Å². The second-order valence-corrected chi connectivity index (χ2v) is 6.73. The Morgan fingerprint density at radius 2 is 0.935 bits per heavy atom. The van der Waals surface area contributed by atoms with E-state index < -0.39 is 36.0 Å². The van der Waals surface area contributed by atoms with Crippen LogP contribution in [-0.4, -0.2) is 36.0 Å². The van der Waals surface area contributed by atoms with Gasteiger partial charge in [-0.25, -0.2) is 14.5 Å². The van der Waals surface area contributed by atoms with Gasteiger partial charge >= 0.3 is 11.9 Å². The second-order valence-electron chi connectivity index (χ2n) is 6.73. The van der Waals surface area contributed by atoms with Crippen molar-refractivity contribution >= 4 is 29.4 Å². The van der Waals surface area contributed by atoms with Gasteiger partial charge in [0.05, 0.1) is 16.8 Å². The van der Waals surface area contributed by atoms with E-state index in [1.54, 1.807) is 66.7 Å². The molecule has 1 aliphatic rings. The molecule has 0 unspecified atom stereocenters. The zero-order valence-corrected chi connectivity index (χ0v) is 16.2. The fourth-order valence-electron chi connectivity index (χ4n) is 3.19. The molecule has 0 bridgehead atoms. The predicted octanol–water partition coefficient (Wildman–Crippen LogP) is 3.01. The van der Waals surface area contributed by atoms with E-state index in [-0.39, 0.29) is 16.8 Å². The molecule has 7 nitrogen and oxygen atoms in total. The maximum Gasteiger partial charge on any atom is 0.339 e. The molecule has 0 aromatic heterocycles. The molecule has 2 amide bonds. The Bertz CT molecular complexity index is 1040. The van der Waals surface area contributed by atoms with Gasteiger partial charge in [0.25, 0.3) is 11.8 Å². The molecule has 3 aromatic rings. The number of anilines is 1. The summed E-state index contributed by atoms with van der Waals surface area (Å²) in [4.78, 5) is 52.1. The number of esters is 2. The topological polar surface area (TPSA) is 90.0 Å². The van der Waals surface area contributed by atoms with Crippen molar-refractivity contribution in [1.82, 2.24) is 0 Å². The molecule has 0 radical (unpaired) electrons. The van der Waals surface area contributed by atoms with E-state index >= 15 is 0 Å². The molecule has 1 fully saturated rings. The van der Waals surface area contributed by atoms with Crippen molar-refractivity contribution in [3.63, 3.8) is 0 Å². The van der Waals surface area contributed by atoms with Gasteiger partial charge in [-0.15, -0.1) is 0 Å². The summed E-state index contributed by atoms with van der Waals surface area (Å²) in [6, 6.07) is 24.3. The van der Waals surface area contributed by atoms with Crippen LogP contribution in [0.4, 0.5) is 5.69 Å². The lowest BCUT2D eigenvalue weighted by molar-refractivity contribution is -0.130. The Kier molecular flexibility index (Phi) is 5.57. The number of hydrogen-bond donors (Lipinski definition) is 0. The molecule has 154 valence electrons. The number of carbonyl (C=O) groups is 4. The van der Waals surface area contributed by atoms with Gasteiger partial charge in [-0.05, 0) is 36.4 Å². The Balaban J connectivity index is 1.64. The highest BCUT2D eigenvalue weighted by molar-refractivity contribution is 6.25. The molecular weight excluding hydrogens is 398 g/mol. The minimum Gasteiger partial charge on any atom is -0.444 e. The van der Waals surface area contributed by atoms with E-state index in [2.05, 4.69) is 0 Å². The zero-order valence-electron chi connectivity index (χ0n) is 16.2. The van der Waals surface area contributed by atoms with E-state index in [9.17, 15) is 19.2 Å². The third-order valence-electron chi connectivity index (χ3n) is 4.70. The van der Waals surface area contributed by atoms with Crippen molar-refractivity contribution < 1.29 is 28.7 Å². The van der Waals surface area contributed by atoms with Crippen LogP contribution < -0.4 is 4.90 Å². The number of para-hydroxylation sites is 1. The number of imide groups is 1. The summed E-state index contributed by atoms with van der Waals surface area (Å²) in [5.41, 5.74) is 0.694. The largest absolute Gasteiger partial charge is 0.444 e. The van der Waals surface area contributed by atoms with Gasteiger partial charge in [-0.2, -0.15) is 0 Å². The maximum absolute atomic E-state index is 13.0. The smallest absolute Gasteiger partial charge is 0.339 e. The fraction of sp³-hybridized carbons (Fsp3) is 0.0833. The number of benzene rings is 3. The third-order valence-corrected chi connectivity index (χ3v) is 4.70. The Morgan fingerprint density at radius 3 is 1.32 bits per heavy atom. The number of carbonyl (C=O) groups excluding carboxylic acids is 4.